The van der Waals surface area contributed by atoms with Crippen molar-refractivity contribution in [1.29, 1.82) is 0 Å². The Labute approximate surface area is 90.7 Å². The minimum atomic E-state index is -2.04. The fourth-order valence-corrected chi connectivity index (χ4v) is 6.85. The SMILES string of the molecule is CCOP(=S)(OCC)SC(C)CC. The fraction of sp³-hybridized carbons (Fsp3) is 1.00. The van der Waals surface area contributed by atoms with E-state index in [2.05, 4.69) is 13.8 Å². The molecule has 80 valence electrons. The van der Waals surface area contributed by atoms with Crippen molar-refractivity contribution in [2.75, 3.05) is 13.2 Å². The smallest absolute Gasteiger partial charge is 0.247 e. The first-order chi connectivity index (χ1) is 6.08. The summed E-state index contributed by atoms with van der Waals surface area (Å²) in [6, 6.07) is 0. The van der Waals surface area contributed by atoms with Gasteiger partial charge >= 0.3 is 0 Å². The number of hydrogen-bond acceptors (Lipinski definition) is 4. The van der Waals surface area contributed by atoms with Crippen LogP contribution in [0.4, 0.5) is 0 Å². The second kappa shape index (κ2) is 7.24. The van der Waals surface area contributed by atoms with Crippen LogP contribution in [-0.2, 0) is 20.9 Å². The van der Waals surface area contributed by atoms with Crippen molar-refractivity contribution < 1.29 is 9.05 Å². The lowest BCUT2D eigenvalue weighted by Gasteiger charge is -2.22. The van der Waals surface area contributed by atoms with Crippen LogP contribution in [0.3, 0.4) is 0 Å². The summed E-state index contributed by atoms with van der Waals surface area (Å²) in [5.74, 6) is 0. The molecule has 13 heavy (non-hydrogen) atoms. The van der Waals surface area contributed by atoms with Gasteiger partial charge in [-0.3, -0.25) is 0 Å². The van der Waals surface area contributed by atoms with Gasteiger partial charge in [-0.25, -0.2) is 0 Å². The van der Waals surface area contributed by atoms with Crippen molar-refractivity contribution in [2.24, 2.45) is 0 Å². The van der Waals surface area contributed by atoms with E-state index in [9.17, 15) is 0 Å². The average Bonchev–Trinajstić information content (AvgIpc) is 2.04. The summed E-state index contributed by atoms with van der Waals surface area (Å²) >= 11 is 7.05. The molecule has 0 aliphatic rings. The summed E-state index contributed by atoms with van der Waals surface area (Å²) in [5, 5.41) is 0.518. The highest BCUT2D eigenvalue weighted by molar-refractivity contribution is 8.68. The molecule has 0 saturated carbocycles. The van der Waals surface area contributed by atoms with Gasteiger partial charge < -0.3 is 9.05 Å². The molecular weight excluding hydrogens is 223 g/mol. The van der Waals surface area contributed by atoms with Crippen LogP contribution in [-0.4, -0.2) is 18.5 Å². The molecule has 0 radical (unpaired) electrons. The zero-order valence-electron chi connectivity index (χ0n) is 8.78. The van der Waals surface area contributed by atoms with Crippen LogP contribution < -0.4 is 0 Å². The summed E-state index contributed by atoms with van der Waals surface area (Å²) in [6.07, 6.45) is 1.10. The molecule has 0 saturated heterocycles. The molecular formula is C8H19O2PS2. The molecule has 5 heteroatoms. The van der Waals surface area contributed by atoms with Crippen molar-refractivity contribution in [3.8, 4) is 0 Å². The molecule has 0 heterocycles. The summed E-state index contributed by atoms with van der Waals surface area (Å²) in [7, 11) is 0. The maximum Gasteiger partial charge on any atom is 0.247 e. The third kappa shape index (κ3) is 6.08. The van der Waals surface area contributed by atoms with Crippen LogP contribution >= 0.6 is 17.1 Å². The van der Waals surface area contributed by atoms with Crippen LogP contribution in [0, 0.1) is 0 Å². The highest BCUT2D eigenvalue weighted by Gasteiger charge is 2.21. The van der Waals surface area contributed by atoms with Gasteiger partial charge in [0.15, 0.2) is 0 Å². The molecule has 0 fully saturated rings. The summed E-state index contributed by atoms with van der Waals surface area (Å²) < 4.78 is 11.0. The lowest BCUT2D eigenvalue weighted by molar-refractivity contribution is 0.280. The van der Waals surface area contributed by atoms with Crippen molar-refractivity contribution in [1.82, 2.24) is 0 Å². The third-order valence-corrected chi connectivity index (χ3v) is 7.45. The van der Waals surface area contributed by atoms with Gasteiger partial charge in [0.25, 0.3) is 0 Å². The van der Waals surface area contributed by atoms with Crippen LogP contribution in [0.25, 0.3) is 0 Å². The van der Waals surface area contributed by atoms with E-state index in [1.54, 1.807) is 11.4 Å². The topological polar surface area (TPSA) is 18.5 Å². The molecule has 0 bridgehead atoms. The Hall–Kier alpha value is 0.920. The average molecular weight is 242 g/mol. The summed E-state index contributed by atoms with van der Waals surface area (Å²) in [4.78, 5) is 0. The maximum absolute atomic E-state index is 5.51. The number of hydrogen-bond donors (Lipinski definition) is 0. The first kappa shape index (κ1) is 13.9. The highest BCUT2D eigenvalue weighted by atomic mass is 32.9. The Morgan fingerprint density at radius 1 is 1.23 bits per heavy atom. The Morgan fingerprint density at radius 3 is 2.00 bits per heavy atom. The van der Waals surface area contributed by atoms with Crippen LogP contribution in [0.15, 0.2) is 0 Å². The molecule has 0 aliphatic heterocycles. The molecule has 1 atom stereocenters. The second-order valence-corrected chi connectivity index (χ2v) is 9.24. The predicted octanol–water partition coefficient (Wildman–Crippen LogP) is 3.82. The van der Waals surface area contributed by atoms with E-state index in [0.29, 0.717) is 18.5 Å². The Balaban J connectivity index is 4.14. The Bertz CT molecular complexity index is 166. The molecule has 2 nitrogen and oxygen atoms in total. The second-order valence-electron chi connectivity index (χ2n) is 2.61. The quantitative estimate of drug-likeness (QED) is 0.631. The van der Waals surface area contributed by atoms with Gasteiger partial charge in [-0.15, -0.1) is 0 Å². The lowest BCUT2D eigenvalue weighted by atomic mass is 10.4. The standard InChI is InChI=1S/C8H19O2PS2/c1-5-8(4)13-11(12,9-6-2)10-7-3/h8H,5-7H2,1-4H3. The van der Waals surface area contributed by atoms with Gasteiger partial charge in [-0.1, -0.05) is 25.2 Å². The van der Waals surface area contributed by atoms with Crippen molar-refractivity contribution in [2.45, 2.75) is 39.4 Å². The monoisotopic (exact) mass is 242 g/mol. The normalized spacial score (nSPS) is 14.5. The van der Waals surface area contributed by atoms with E-state index in [0.717, 1.165) is 6.42 Å². The minimum Gasteiger partial charge on any atom is -0.322 e. The molecule has 0 aromatic heterocycles. The van der Waals surface area contributed by atoms with E-state index in [1.165, 1.54) is 0 Å². The van der Waals surface area contributed by atoms with Crippen molar-refractivity contribution >= 4 is 28.9 Å². The molecule has 0 spiro atoms. The largest absolute Gasteiger partial charge is 0.322 e. The van der Waals surface area contributed by atoms with Gasteiger partial charge in [-0.2, -0.15) is 0 Å². The van der Waals surface area contributed by atoms with Crippen LogP contribution in [0.2, 0.25) is 0 Å². The van der Waals surface area contributed by atoms with Gasteiger partial charge in [0.2, 0.25) is 5.69 Å². The first-order valence-corrected chi connectivity index (χ1v) is 8.77. The summed E-state index contributed by atoms with van der Waals surface area (Å²) in [6.45, 7) is 9.49. The Morgan fingerprint density at radius 2 is 1.69 bits per heavy atom. The maximum atomic E-state index is 5.51. The molecule has 0 rings (SSSR count). The highest BCUT2D eigenvalue weighted by Crippen LogP contribution is 2.62. The van der Waals surface area contributed by atoms with Crippen molar-refractivity contribution in [3.63, 3.8) is 0 Å². The summed E-state index contributed by atoms with van der Waals surface area (Å²) in [5.41, 5.74) is -2.04. The molecule has 0 aliphatic carbocycles. The van der Waals surface area contributed by atoms with E-state index in [1.807, 2.05) is 13.8 Å². The molecule has 1 unspecified atom stereocenters. The molecule has 0 aromatic rings. The first-order valence-electron chi connectivity index (χ1n) is 4.65. The van der Waals surface area contributed by atoms with Crippen LogP contribution in [0.1, 0.15) is 34.1 Å². The lowest BCUT2D eigenvalue weighted by Crippen LogP contribution is -1.98. The van der Waals surface area contributed by atoms with E-state index in [-0.39, 0.29) is 0 Å². The van der Waals surface area contributed by atoms with Crippen molar-refractivity contribution in [3.05, 3.63) is 0 Å². The zero-order valence-corrected chi connectivity index (χ0v) is 11.3. The zero-order chi connectivity index (χ0) is 10.3. The van der Waals surface area contributed by atoms with Crippen LogP contribution in [0.5, 0.6) is 0 Å². The van der Waals surface area contributed by atoms with Gasteiger partial charge in [-0.05, 0) is 32.1 Å². The molecule has 0 aromatic carbocycles. The fourth-order valence-electron chi connectivity index (χ4n) is 0.709. The predicted molar refractivity (Wildman–Crippen MR) is 64.9 cm³/mol. The van der Waals surface area contributed by atoms with E-state index < -0.39 is 5.69 Å². The number of rotatable bonds is 7. The Kier molecular flexibility index (Phi) is 7.76. The van der Waals surface area contributed by atoms with E-state index >= 15 is 0 Å². The molecule has 0 amide bonds. The van der Waals surface area contributed by atoms with E-state index in [4.69, 9.17) is 20.9 Å². The van der Waals surface area contributed by atoms with Gasteiger partial charge in [0.1, 0.15) is 0 Å². The minimum absolute atomic E-state index is 0.518. The van der Waals surface area contributed by atoms with Gasteiger partial charge in [0, 0.05) is 5.25 Å². The van der Waals surface area contributed by atoms with Gasteiger partial charge in [0.05, 0.1) is 13.2 Å². The third-order valence-electron chi connectivity index (χ3n) is 1.46. The molecule has 0 N–H and O–H groups in total.